The van der Waals surface area contributed by atoms with Crippen molar-refractivity contribution in [3.05, 3.63) is 0 Å². The number of carbonyl (C=O) groups excluding carboxylic acids is 10. The molecule has 2 unspecified atom stereocenters. The van der Waals surface area contributed by atoms with Crippen molar-refractivity contribution >= 4 is 59.7 Å². The quantitative estimate of drug-likeness (QED) is 0.0311. The number of unbranched alkanes of at least 4 members (excludes halogenated alkanes) is 22. The van der Waals surface area contributed by atoms with Gasteiger partial charge in [-0.25, -0.2) is 0 Å². The molecule has 0 aliphatic carbocycles. The van der Waals surface area contributed by atoms with E-state index in [1.807, 2.05) is 27.7 Å². The van der Waals surface area contributed by atoms with Crippen molar-refractivity contribution in [2.75, 3.05) is 52.9 Å². The van der Waals surface area contributed by atoms with Crippen LogP contribution in [0.25, 0.3) is 0 Å². The van der Waals surface area contributed by atoms with E-state index in [1.165, 1.54) is 0 Å². The summed E-state index contributed by atoms with van der Waals surface area (Å²) in [5.41, 5.74) is 0. The van der Waals surface area contributed by atoms with Crippen molar-refractivity contribution in [1.29, 1.82) is 0 Å². The van der Waals surface area contributed by atoms with Gasteiger partial charge in [0.15, 0.2) is 12.2 Å². The normalized spacial score (nSPS) is 11.6. The number of carbonyl (C=O) groups is 10. The Bertz CT molecular complexity index is 1770. The summed E-state index contributed by atoms with van der Waals surface area (Å²) in [6.45, 7) is 8.73. The van der Waals surface area contributed by atoms with Gasteiger partial charge in [-0.1, -0.05) is 137 Å². The second kappa shape index (κ2) is 59.1. The molecule has 20 nitrogen and oxygen atoms in total. The van der Waals surface area contributed by atoms with Crippen LogP contribution in [0.15, 0.2) is 0 Å². The molecule has 0 spiro atoms. The molecule has 0 saturated heterocycles. The Morgan fingerprint density at radius 2 is 0.353 bits per heavy atom. The molecular formula is C65H112O20. The Morgan fingerprint density at radius 3 is 0.541 bits per heavy atom. The Balaban J connectivity index is 4.95. The molecule has 0 aromatic heterocycles. The molecule has 0 fully saturated rings. The first-order valence-electron chi connectivity index (χ1n) is 32.9. The van der Waals surface area contributed by atoms with Gasteiger partial charge in [0.05, 0.1) is 26.4 Å². The highest BCUT2D eigenvalue weighted by atomic mass is 16.6. The Labute approximate surface area is 509 Å². The van der Waals surface area contributed by atoms with Crippen molar-refractivity contribution in [3.63, 3.8) is 0 Å². The SMILES string of the molecule is CCCCOC(=O)CCCCCCCC(=O)OCC(COC(=O)CCCCCCCC(=O)OCC(COC(=O)CCCCCC(=O)OCCCC)OC(=O)CCCCCCCC(=O)OCCCC)OC(=O)CCCCCCCC(=O)OCCCC. The zero-order valence-corrected chi connectivity index (χ0v) is 53.0. The summed E-state index contributed by atoms with van der Waals surface area (Å²) in [5, 5.41) is 0. The Hall–Kier alpha value is -5.30. The largest absolute Gasteiger partial charge is 0.466 e. The molecule has 0 saturated carbocycles. The lowest BCUT2D eigenvalue weighted by Crippen LogP contribution is -2.30. The van der Waals surface area contributed by atoms with Crippen LogP contribution >= 0.6 is 0 Å². The molecule has 0 radical (unpaired) electrons. The van der Waals surface area contributed by atoms with Crippen LogP contribution in [0.2, 0.25) is 0 Å². The lowest BCUT2D eigenvalue weighted by molar-refractivity contribution is -0.167. The number of hydrogen-bond donors (Lipinski definition) is 0. The molecule has 85 heavy (non-hydrogen) atoms. The van der Waals surface area contributed by atoms with Gasteiger partial charge in [0.1, 0.15) is 26.4 Å². The van der Waals surface area contributed by atoms with Crippen LogP contribution in [0, 0.1) is 0 Å². The minimum atomic E-state index is -1.00. The molecule has 0 rings (SSSR count). The molecule has 0 N–H and O–H groups in total. The highest BCUT2D eigenvalue weighted by Crippen LogP contribution is 2.16. The first-order chi connectivity index (χ1) is 41.2. The number of rotatable bonds is 60. The van der Waals surface area contributed by atoms with Crippen LogP contribution < -0.4 is 0 Å². The van der Waals surface area contributed by atoms with E-state index in [1.54, 1.807) is 0 Å². The van der Waals surface area contributed by atoms with Gasteiger partial charge in [0.2, 0.25) is 0 Å². The van der Waals surface area contributed by atoms with E-state index in [4.69, 9.17) is 47.4 Å². The fourth-order valence-electron chi connectivity index (χ4n) is 8.36. The average Bonchev–Trinajstić information content (AvgIpc) is 3.48. The van der Waals surface area contributed by atoms with Crippen LogP contribution in [0.4, 0.5) is 0 Å². The van der Waals surface area contributed by atoms with Crippen molar-refractivity contribution in [2.24, 2.45) is 0 Å². The van der Waals surface area contributed by atoms with Gasteiger partial charge in [0, 0.05) is 64.2 Å². The first kappa shape index (κ1) is 79.7. The van der Waals surface area contributed by atoms with Crippen LogP contribution in [-0.4, -0.2) is 125 Å². The maximum absolute atomic E-state index is 12.9. The van der Waals surface area contributed by atoms with Crippen LogP contribution in [0.5, 0.6) is 0 Å². The number of hydrogen-bond acceptors (Lipinski definition) is 20. The zero-order chi connectivity index (χ0) is 62.6. The molecule has 0 amide bonds. The third kappa shape index (κ3) is 56.3. The molecular weight excluding hydrogens is 1100 g/mol. The molecule has 0 bridgehead atoms. The topological polar surface area (TPSA) is 263 Å². The molecule has 0 heterocycles. The standard InChI is InChI=1S/C65H112O20/c1-5-9-46-76-56(66)36-26-17-13-20-29-40-60(70)80-50-54(84-64(74)44-32-23-15-18-27-37-57(67)77-47-10-6-2)51-81-61(71)41-30-21-14-22-31-42-62(72)82-52-55(53-83-63(73)43-35-25-34-39-59(69)79-49-12-8-4)85-65(75)45-33-24-16-19-28-38-58(68)78-48-11-7-3/h54-55H,5-53H2,1-4H3. The van der Waals surface area contributed by atoms with E-state index in [0.29, 0.717) is 123 Å². The third-order valence-electron chi connectivity index (χ3n) is 13.7. The highest BCUT2D eigenvalue weighted by molar-refractivity contribution is 5.73. The zero-order valence-electron chi connectivity index (χ0n) is 53.0. The molecule has 0 aliphatic heterocycles. The monoisotopic (exact) mass is 1210 g/mol. The van der Waals surface area contributed by atoms with Gasteiger partial charge in [-0.2, -0.15) is 0 Å². The average molecular weight is 1210 g/mol. The maximum atomic E-state index is 12.9. The summed E-state index contributed by atoms with van der Waals surface area (Å²) in [6.07, 6.45) is 23.3. The summed E-state index contributed by atoms with van der Waals surface area (Å²) < 4.78 is 53.8. The summed E-state index contributed by atoms with van der Waals surface area (Å²) in [6, 6.07) is 0. The van der Waals surface area contributed by atoms with E-state index < -0.39 is 48.0 Å². The minimum Gasteiger partial charge on any atom is -0.466 e. The molecule has 0 aromatic rings. The van der Waals surface area contributed by atoms with Crippen molar-refractivity contribution in [2.45, 2.75) is 303 Å². The highest BCUT2D eigenvalue weighted by Gasteiger charge is 2.22. The smallest absolute Gasteiger partial charge is 0.306 e. The summed E-state index contributed by atoms with van der Waals surface area (Å²) >= 11 is 0. The first-order valence-corrected chi connectivity index (χ1v) is 32.9. The van der Waals surface area contributed by atoms with E-state index in [-0.39, 0.29) is 95.3 Å². The summed E-state index contributed by atoms with van der Waals surface area (Å²) in [4.78, 5) is 124. The minimum absolute atomic E-state index is 0.103. The fourth-order valence-corrected chi connectivity index (χ4v) is 8.36. The van der Waals surface area contributed by atoms with Gasteiger partial charge in [-0.05, 0) is 89.9 Å². The van der Waals surface area contributed by atoms with Crippen molar-refractivity contribution < 1.29 is 95.3 Å². The summed E-state index contributed by atoms with van der Waals surface area (Å²) in [5.74, 6) is -3.79. The number of esters is 10. The van der Waals surface area contributed by atoms with Gasteiger partial charge in [-0.15, -0.1) is 0 Å². The molecule has 2 atom stereocenters. The molecule has 20 heteroatoms. The van der Waals surface area contributed by atoms with Crippen molar-refractivity contribution in [1.82, 2.24) is 0 Å². The molecule has 0 aliphatic rings. The van der Waals surface area contributed by atoms with Gasteiger partial charge < -0.3 is 47.4 Å². The fraction of sp³-hybridized carbons (Fsp3) is 0.846. The molecule has 492 valence electrons. The van der Waals surface area contributed by atoms with Crippen LogP contribution in [0.1, 0.15) is 291 Å². The van der Waals surface area contributed by atoms with Crippen LogP contribution in [0.3, 0.4) is 0 Å². The summed E-state index contributed by atoms with van der Waals surface area (Å²) in [7, 11) is 0. The van der Waals surface area contributed by atoms with Gasteiger partial charge >= 0.3 is 59.7 Å². The predicted molar refractivity (Wildman–Crippen MR) is 319 cm³/mol. The third-order valence-corrected chi connectivity index (χ3v) is 13.7. The van der Waals surface area contributed by atoms with Crippen LogP contribution in [-0.2, 0) is 95.3 Å². The van der Waals surface area contributed by atoms with E-state index in [2.05, 4.69) is 0 Å². The second-order valence-electron chi connectivity index (χ2n) is 21.9. The van der Waals surface area contributed by atoms with Gasteiger partial charge in [0.25, 0.3) is 0 Å². The lowest BCUT2D eigenvalue weighted by Gasteiger charge is -2.18. The predicted octanol–water partition coefficient (Wildman–Crippen LogP) is 13.2. The molecule has 0 aromatic carbocycles. The Kier molecular flexibility index (Phi) is 55.4. The van der Waals surface area contributed by atoms with Gasteiger partial charge in [-0.3, -0.25) is 47.9 Å². The second-order valence-corrected chi connectivity index (χ2v) is 21.9. The Morgan fingerprint density at radius 1 is 0.200 bits per heavy atom. The van der Waals surface area contributed by atoms with E-state index in [0.717, 1.165) is 122 Å². The maximum Gasteiger partial charge on any atom is 0.306 e. The lowest BCUT2D eigenvalue weighted by atomic mass is 10.1. The van der Waals surface area contributed by atoms with E-state index >= 15 is 0 Å². The van der Waals surface area contributed by atoms with Crippen molar-refractivity contribution in [3.8, 4) is 0 Å². The number of ether oxygens (including phenoxy) is 10. The van der Waals surface area contributed by atoms with E-state index in [9.17, 15) is 47.9 Å².